The van der Waals surface area contributed by atoms with E-state index in [-0.39, 0.29) is 12.4 Å². The number of halogens is 4. The summed E-state index contributed by atoms with van der Waals surface area (Å²) in [6.07, 6.45) is 2.24. The van der Waals surface area contributed by atoms with Crippen LogP contribution in [0, 0.1) is 5.92 Å². The first kappa shape index (κ1) is 23.3. The van der Waals surface area contributed by atoms with Gasteiger partial charge in [0.05, 0.1) is 0 Å². The van der Waals surface area contributed by atoms with E-state index in [2.05, 4.69) is 19.7 Å². The van der Waals surface area contributed by atoms with E-state index < -0.39 is 11.9 Å². The maximum atomic E-state index is 12.6. The fourth-order valence-corrected chi connectivity index (χ4v) is 4.50. The number of rotatable bonds is 4. The van der Waals surface area contributed by atoms with Gasteiger partial charge in [0, 0.05) is 50.9 Å². The quantitative estimate of drug-likeness (QED) is 0.710. The van der Waals surface area contributed by atoms with Crippen LogP contribution in [0.3, 0.4) is 0 Å². The molecule has 0 spiro atoms. The summed E-state index contributed by atoms with van der Waals surface area (Å²) in [7, 11) is 0. The average Bonchev–Trinajstić information content (AvgIpc) is 3.55. The van der Waals surface area contributed by atoms with Crippen molar-refractivity contribution in [3.05, 3.63) is 29.6 Å². The Morgan fingerprint density at radius 2 is 1.73 bits per heavy atom. The van der Waals surface area contributed by atoms with E-state index in [1.54, 1.807) is 0 Å². The molecule has 3 heterocycles. The lowest BCUT2D eigenvalue weighted by Gasteiger charge is -2.38. The number of carbonyl (C=O) groups excluding carboxylic acids is 1. The molecule has 2 saturated heterocycles. The molecule has 1 saturated carbocycles. The summed E-state index contributed by atoms with van der Waals surface area (Å²) in [5, 5.41) is 0. The molecule has 0 atom stereocenters. The first-order valence-electron chi connectivity index (χ1n) is 10.7. The van der Waals surface area contributed by atoms with Gasteiger partial charge in [-0.25, -0.2) is 0 Å². The standard InChI is InChI=1S/C21H29F3N4O.ClH/c22-21(23,24)19-5-2-16(14-25-19)15-26-10-6-18(7-11-26)27-8-1-9-28(13-12-27)20(29)17-3-4-17;/h2,5,14,17-18H,1,3-4,6-13,15H2;1H. The Balaban J connectivity index is 0.00000256. The number of alkyl halides is 3. The van der Waals surface area contributed by atoms with E-state index >= 15 is 0 Å². The van der Waals surface area contributed by atoms with Crippen molar-refractivity contribution in [2.45, 2.75) is 50.9 Å². The van der Waals surface area contributed by atoms with Gasteiger partial charge >= 0.3 is 6.18 Å². The summed E-state index contributed by atoms with van der Waals surface area (Å²) >= 11 is 0. The van der Waals surface area contributed by atoms with E-state index in [1.165, 1.54) is 12.3 Å². The third kappa shape index (κ3) is 5.86. The smallest absolute Gasteiger partial charge is 0.341 e. The van der Waals surface area contributed by atoms with Crippen LogP contribution in [-0.4, -0.2) is 70.9 Å². The molecule has 1 aliphatic carbocycles. The van der Waals surface area contributed by atoms with Crippen LogP contribution in [0.2, 0.25) is 0 Å². The Hall–Kier alpha value is -1.38. The molecule has 3 fully saturated rings. The van der Waals surface area contributed by atoms with E-state index in [1.807, 2.05) is 0 Å². The van der Waals surface area contributed by atoms with Crippen molar-refractivity contribution in [2.75, 3.05) is 39.3 Å². The molecule has 9 heteroatoms. The molecule has 1 aromatic heterocycles. The topological polar surface area (TPSA) is 39.7 Å². The Kier molecular flexibility index (Phi) is 7.63. The number of piperidine rings is 1. The van der Waals surface area contributed by atoms with Crippen LogP contribution in [0.1, 0.15) is 43.4 Å². The Morgan fingerprint density at radius 1 is 1.00 bits per heavy atom. The third-order valence-corrected chi connectivity index (χ3v) is 6.36. The second-order valence-corrected chi connectivity index (χ2v) is 8.55. The minimum absolute atomic E-state index is 0. The molecule has 0 radical (unpaired) electrons. The number of carbonyl (C=O) groups is 1. The highest BCUT2D eigenvalue weighted by Gasteiger charge is 2.35. The van der Waals surface area contributed by atoms with Crippen molar-refractivity contribution in [1.29, 1.82) is 0 Å². The molecule has 1 amide bonds. The third-order valence-electron chi connectivity index (χ3n) is 6.36. The molecule has 0 aromatic carbocycles. The lowest BCUT2D eigenvalue weighted by molar-refractivity contribution is -0.141. The molecule has 2 aliphatic heterocycles. The zero-order chi connectivity index (χ0) is 20.4. The Bertz CT molecular complexity index is 703. The van der Waals surface area contributed by atoms with Gasteiger partial charge in [-0.05, 0) is 56.8 Å². The monoisotopic (exact) mass is 446 g/mol. The largest absolute Gasteiger partial charge is 0.433 e. The summed E-state index contributed by atoms with van der Waals surface area (Å²) in [5.41, 5.74) is -0.0178. The number of pyridine rings is 1. The van der Waals surface area contributed by atoms with Gasteiger partial charge in [-0.15, -0.1) is 12.4 Å². The highest BCUT2D eigenvalue weighted by Crippen LogP contribution is 2.31. The van der Waals surface area contributed by atoms with Crippen LogP contribution in [0.4, 0.5) is 13.2 Å². The first-order chi connectivity index (χ1) is 13.9. The summed E-state index contributed by atoms with van der Waals surface area (Å²) in [6.45, 7) is 6.23. The van der Waals surface area contributed by atoms with Gasteiger partial charge in [0.15, 0.2) is 0 Å². The minimum atomic E-state index is -4.39. The molecule has 1 aromatic rings. The normalized spacial score (nSPS) is 22.4. The maximum absolute atomic E-state index is 12.6. The van der Waals surface area contributed by atoms with Gasteiger partial charge in [0.25, 0.3) is 0 Å². The SMILES string of the molecule is Cl.O=C(C1CC1)N1CCCN(C2CCN(Cc3ccc(C(F)(F)F)nc3)CC2)CC1. The maximum Gasteiger partial charge on any atom is 0.433 e. The van der Waals surface area contributed by atoms with Crippen LogP contribution in [0.5, 0.6) is 0 Å². The summed E-state index contributed by atoms with van der Waals surface area (Å²) in [5.74, 6) is 0.649. The molecule has 3 aliphatic rings. The molecular formula is C21H30ClF3N4O. The van der Waals surface area contributed by atoms with E-state index in [0.717, 1.165) is 83.0 Å². The highest BCUT2D eigenvalue weighted by atomic mass is 35.5. The first-order valence-corrected chi connectivity index (χ1v) is 10.7. The van der Waals surface area contributed by atoms with Crippen molar-refractivity contribution in [3.63, 3.8) is 0 Å². The van der Waals surface area contributed by atoms with Crippen molar-refractivity contribution in [2.24, 2.45) is 5.92 Å². The second kappa shape index (κ2) is 9.83. The molecule has 0 unspecified atom stereocenters. The molecule has 168 valence electrons. The van der Waals surface area contributed by atoms with Crippen LogP contribution in [0.15, 0.2) is 18.3 Å². The molecular weight excluding hydrogens is 417 g/mol. The van der Waals surface area contributed by atoms with Crippen LogP contribution in [-0.2, 0) is 17.5 Å². The minimum Gasteiger partial charge on any atom is -0.341 e. The van der Waals surface area contributed by atoms with Crippen molar-refractivity contribution in [1.82, 2.24) is 19.7 Å². The number of amides is 1. The Labute approximate surface area is 182 Å². The van der Waals surface area contributed by atoms with E-state index in [9.17, 15) is 18.0 Å². The zero-order valence-corrected chi connectivity index (χ0v) is 17.9. The van der Waals surface area contributed by atoms with Gasteiger partial charge in [-0.2, -0.15) is 13.2 Å². The number of nitrogens with zero attached hydrogens (tertiary/aromatic N) is 4. The van der Waals surface area contributed by atoms with Gasteiger partial charge in [-0.1, -0.05) is 6.07 Å². The van der Waals surface area contributed by atoms with E-state index in [4.69, 9.17) is 0 Å². The van der Waals surface area contributed by atoms with E-state index in [0.29, 0.717) is 24.4 Å². The molecule has 5 nitrogen and oxygen atoms in total. The molecule has 4 rings (SSSR count). The predicted molar refractivity (Wildman–Crippen MR) is 110 cm³/mol. The predicted octanol–water partition coefficient (Wildman–Crippen LogP) is 3.43. The van der Waals surface area contributed by atoms with Crippen molar-refractivity contribution in [3.8, 4) is 0 Å². The lowest BCUT2D eigenvalue weighted by atomic mass is 10.0. The summed E-state index contributed by atoms with van der Waals surface area (Å²) in [4.78, 5) is 22.8. The van der Waals surface area contributed by atoms with Crippen LogP contribution in [0.25, 0.3) is 0 Å². The summed E-state index contributed by atoms with van der Waals surface area (Å²) in [6, 6.07) is 3.13. The lowest BCUT2D eigenvalue weighted by Crippen LogP contribution is -2.46. The number of hydrogen-bond donors (Lipinski definition) is 0. The fraction of sp³-hybridized carbons (Fsp3) is 0.714. The zero-order valence-electron chi connectivity index (χ0n) is 17.1. The van der Waals surface area contributed by atoms with Crippen LogP contribution >= 0.6 is 12.4 Å². The van der Waals surface area contributed by atoms with Crippen LogP contribution < -0.4 is 0 Å². The van der Waals surface area contributed by atoms with Gasteiger partial charge in [0.2, 0.25) is 5.91 Å². The van der Waals surface area contributed by atoms with Gasteiger partial charge < -0.3 is 4.90 Å². The van der Waals surface area contributed by atoms with Crippen molar-refractivity contribution < 1.29 is 18.0 Å². The number of likely N-dealkylation sites (tertiary alicyclic amines) is 1. The second-order valence-electron chi connectivity index (χ2n) is 8.55. The molecule has 0 N–H and O–H groups in total. The van der Waals surface area contributed by atoms with Crippen molar-refractivity contribution >= 4 is 18.3 Å². The summed E-state index contributed by atoms with van der Waals surface area (Å²) < 4.78 is 37.9. The number of aromatic nitrogens is 1. The highest BCUT2D eigenvalue weighted by molar-refractivity contribution is 5.85. The molecule has 0 bridgehead atoms. The number of hydrogen-bond acceptors (Lipinski definition) is 4. The Morgan fingerprint density at radius 3 is 2.33 bits per heavy atom. The van der Waals surface area contributed by atoms with Gasteiger partial charge in [-0.3, -0.25) is 19.6 Å². The van der Waals surface area contributed by atoms with Gasteiger partial charge in [0.1, 0.15) is 5.69 Å². The fourth-order valence-electron chi connectivity index (χ4n) is 4.50. The average molecular weight is 447 g/mol. The molecule has 30 heavy (non-hydrogen) atoms.